The first-order chi connectivity index (χ1) is 9.97. The lowest BCUT2D eigenvalue weighted by atomic mass is 10.2. The van der Waals surface area contributed by atoms with Crippen molar-refractivity contribution in [2.75, 3.05) is 6.54 Å². The summed E-state index contributed by atoms with van der Waals surface area (Å²) >= 11 is 1.49. The van der Waals surface area contributed by atoms with Crippen molar-refractivity contribution in [2.45, 2.75) is 39.3 Å². The van der Waals surface area contributed by atoms with Crippen LogP contribution in [-0.2, 0) is 11.2 Å². The summed E-state index contributed by atoms with van der Waals surface area (Å²) < 4.78 is 5.04. The standard InChI is InChI=1S/C15H20N2O3S/c1-10(2)17(7-11(3)18)14(19)6-13-9-21-15(16-13)12-4-5-20-8-12/h4-5,8-11,18H,6-7H2,1-3H3. The number of furan rings is 1. The molecule has 0 radical (unpaired) electrons. The molecule has 21 heavy (non-hydrogen) atoms. The molecule has 0 bridgehead atoms. The van der Waals surface area contributed by atoms with Crippen LogP contribution in [-0.4, -0.2) is 39.6 Å². The molecular formula is C15H20N2O3S. The summed E-state index contributed by atoms with van der Waals surface area (Å²) in [5, 5.41) is 12.2. The van der Waals surface area contributed by atoms with E-state index in [9.17, 15) is 9.90 Å². The van der Waals surface area contributed by atoms with E-state index >= 15 is 0 Å². The number of hydrogen-bond acceptors (Lipinski definition) is 5. The van der Waals surface area contributed by atoms with Crippen molar-refractivity contribution in [3.05, 3.63) is 29.7 Å². The Morgan fingerprint density at radius 3 is 2.81 bits per heavy atom. The van der Waals surface area contributed by atoms with Gasteiger partial charge in [-0.1, -0.05) is 0 Å². The van der Waals surface area contributed by atoms with Gasteiger partial charge in [-0.25, -0.2) is 4.98 Å². The quantitative estimate of drug-likeness (QED) is 0.890. The number of rotatable bonds is 6. The van der Waals surface area contributed by atoms with Gasteiger partial charge in [0, 0.05) is 23.5 Å². The van der Waals surface area contributed by atoms with Gasteiger partial charge in [0.05, 0.1) is 24.5 Å². The highest BCUT2D eigenvalue weighted by atomic mass is 32.1. The minimum Gasteiger partial charge on any atom is -0.472 e. The fourth-order valence-electron chi connectivity index (χ4n) is 2.05. The highest BCUT2D eigenvalue weighted by Gasteiger charge is 2.20. The Labute approximate surface area is 128 Å². The molecule has 0 saturated carbocycles. The first kappa shape index (κ1) is 15.7. The summed E-state index contributed by atoms with van der Waals surface area (Å²) in [4.78, 5) is 18.5. The van der Waals surface area contributed by atoms with E-state index in [1.165, 1.54) is 11.3 Å². The lowest BCUT2D eigenvalue weighted by Crippen LogP contribution is -2.42. The van der Waals surface area contributed by atoms with Crippen LogP contribution in [0.3, 0.4) is 0 Å². The van der Waals surface area contributed by atoms with Crippen LogP contribution in [0, 0.1) is 0 Å². The van der Waals surface area contributed by atoms with E-state index in [2.05, 4.69) is 4.98 Å². The fourth-order valence-corrected chi connectivity index (χ4v) is 2.85. The fraction of sp³-hybridized carbons (Fsp3) is 0.467. The maximum Gasteiger partial charge on any atom is 0.228 e. The summed E-state index contributed by atoms with van der Waals surface area (Å²) in [5.41, 5.74) is 1.67. The average Bonchev–Trinajstić information content (AvgIpc) is 3.05. The Morgan fingerprint density at radius 1 is 1.48 bits per heavy atom. The molecule has 0 aliphatic rings. The lowest BCUT2D eigenvalue weighted by Gasteiger charge is -2.27. The number of nitrogens with zero attached hydrogens (tertiary/aromatic N) is 2. The van der Waals surface area contributed by atoms with E-state index in [1.54, 1.807) is 24.3 Å². The van der Waals surface area contributed by atoms with Gasteiger partial charge in [0.2, 0.25) is 5.91 Å². The largest absolute Gasteiger partial charge is 0.472 e. The van der Waals surface area contributed by atoms with Gasteiger partial charge in [0.15, 0.2) is 0 Å². The molecule has 1 atom stereocenters. The zero-order chi connectivity index (χ0) is 15.4. The third-order valence-corrected chi connectivity index (χ3v) is 4.00. The van der Waals surface area contributed by atoms with E-state index < -0.39 is 6.10 Å². The van der Waals surface area contributed by atoms with Gasteiger partial charge in [-0.2, -0.15) is 0 Å². The van der Waals surface area contributed by atoms with Gasteiger partial charge in [-0.3, -0.25) is 4.79 Å². The number of hydrogen-bond donors (Lipinski definition) is 1. The average molecular weight is 308 g/mol. The molecule has 0 spiro atoms. The van der Waals surface area contributed by atoms with Gasteiger partial charge >= 0.3 is 0 Å². The summed E-state index contributed by atoms with van der Waals surface area (Å²) in [7, 11) is 0. The molecule has 1 amide bonds. The van der Waals surface area contributed by atoms with Crippen molar-refractivity contribution in [3.63, 3.8) is 0 Å². The molecule has 0 saturated heterocycles. The zero-order valence-electron chi connectivity index (χ0n) is 12.4. The Morgan fingerprint density at radius 2 is 2.24 bits per heavy atom. The lowest BCUT2D eigenvalue weighted by molar-refractivity contribution is -0.133. The predicted octanol–water partition coefficient (Wildman–Crippen LogP) is 2.56. The number of aromatic nitrogens is 1. The minimum atomic E-state index is -0.534. The second-order valence-corrected chi connectivity index (χ2v) is 6.18. The van der Waals surface area contributed by atoms with Crippen molar-refractivity contribution in [3.8, 4) is 10.6 Å². The number of carbonyl (C=O) groups is 1. The van der Waals surface area contributed by atoms with Crippen LogP contribution >= 0.6 is 11.3 Å². The van der Waals surface area contributed by atoms with Gasteiger partial charge < -0.3 is 14.4 Å². The third kappa shape index (κ3) is 4.15. The monoisotopic (exact) mass is 308 g/mol. The smallest absolute Gasteiger partial charge is 0.228 e. The molecule has 0 aliphatic heterocycles. The molecule has 0 aromatic carbocycles. The summed E-state index contributed by atoms with van der Waals surface area (Å²) in [6, 6.07) is 1.90. The maximum atomic E-state index is 12.3. The van der Waals surface area contributed by atoms with Crippen LogP contribution in [0.2, 0.25) is 0 Å². The highest BCUT2D eigenvalue weighted by Crippen LogP contribution is 2.24. The number of carbonyl (C=O) groups excluding carboxylic acids is 1. The van der Waals surface area contributed by atoms with E-state index in [0.29, 0.717) is 6.54 Å². The van der Waals surface area contributed by atoms with Crippen LogP contribution in [0.15, 0.2) is 28.4 Å². The van der Waals surface area contributed by atoms with Crippen molar-refractivity contribution >= 4 is 17.2 Å². The van der Waals surface area contributed by atoms with Crippen LogP contribution in [0.1, 0.15) is 26.5 Å². The molecule has 2 aromatic heterocycles. The summed E-state index contributed by atoms with van der Waals surface area (Å²) in [6.45, 7) is 5.91. The van der Waals surface area contributed by atoms with Crippen molar-refractivity contribution in [1.82, 2.24) is 9.88 Å². The van der Waals surface area contributed by atoms with Gasteiger partial charge in [0.1, 0.15) is 11.3 Å². The first-order valence-corrected chi connectivity index (χ1v) is 7.80. The predicted molar refractivity (Wildman–Crippen MR) is 82.0 cm³/mol. The molecule has 1 unspecified atom stereocenters. The normalized spacial score (nSPS) is 12.6. The summed E-state index contributed by atoms with van der Waals surface area (Å²) in [5.74, 6) is -0.0186. The number of amides is 1. The topological polar surface area (TPSA) is 66.6 Å². The Hall–Kier alpha value is -1.66. The number of aliphatic hydroxyl groups excluding tert-OH is 1. The van der Waals surface area contributed by atoms with Crippen LogP contribution < -0.4 is 0 Å². The number of thiazole rings is 1. The van der Waals surface area contributed by atoms with Crippen molar-refractivity contribution in [2.24, 2.45) is 0 Å². The van der Waals surface area contributed by atoms with Gasteiger partial charge in [-0.15, -0.1) is 11.3 Å². The molecule has 2 heterocycles. The zero-order valence-corrected chi connectivity index (χ0v) is 13.3. The first-order valence-electron chi connectivity index (χ1n) is 6.92. The van der Waals surface area contributed by atoms with Crippen LogP contribution in [0.4, 0.5) is 0 Å². The van der Waals surface area contributed by atoms with Crippen molar-refractivity contribution < 1.29 is 14.3 Å². The van der Waals surface area contributed by atoms with E-state index in [0.717, 1.165) is 16.3 Å². The number of aliphatic hydroxyl groups is 1. The van der Waals surface area contributed by atoms with E-state index in [-0.39, 0.29) is 18.4 Å². The second kappa shape index (κ2) is 6.87. The SMILES string of the molecule is CC(O)CN(C(=O)Cc1csc(-c2ccoc2)n1)C(C)C. The molecular weight excluding hydrogens is 288 g/mol. The van der Waals surface area contributed by atoms with Crippen LogP contribution in [0.25, 0.3) is 10.6 Å². The molecule has 2 rings (SSSR count). The minimum absolute atomic E-state index is 0.0186. The second-order valence-electron chi connectivity index (χ2n) is 5.32. The van der Waals surface area contributed by atoms with Crippen LogP contribution in [0.5, 0.6) is 0 Å². The van der Waals surface area contributed by atoms with E-state index in [4.69, 9.17) is 4.42 Å². The molecule has 114 valence electrons. The molecule has 6 heteroatoms. The maximum absolute atomic E-state index is 12.3. The Kier molecular flexibility index (Phi) is 5.14. The van der Waals surface area contributed by atoms with Gasteiger partial charge in [0.25, 0.3) is 0 Å². The Bertz CT molecular complexity index is 576. The van der Waals surface area contributed by atoms with Gasteiger partial charge in [-0.05, 0) is 26.8 Å². The molecule has 2 aromatic rings. The van der Waals surface area contributed by atoms with E-state index in [1.807, 2.05) is 25.3 Å². The summed E-state index contributed by atoms with van der Waals surface area (Å²) in [6.07, 6.45) is 2.95. The molecule has 0 fully saturated rings. The molecule has 5 nitrogen and oxygen atoms in total. The molecule has 0 aliphatic carbocycles. The Balaban J connectivity index is 2.05. The third-order valence-electron chi connectivity index (χ3n) is 3.06. The van der Waals surface area contributed by atoms with Crippen molar-refractivity contribution in [1.29, 1.82) is 0 Å². The molecule has 1 N–H and O–H groups in total. The highest BCUT2D eigenvalue weighted by molar-refractivity contribution is 7.13.